The summed E-state index contributed by atoms with van der Waals surface area (Å²) in [6, 6.07) is 7.65. The highest BCUT2D eigenvalue weighted by molar-refractivity contribution is 5.78. The fraction of sp³-hybridized carbons (Fsp3) is 0.588. The lowest BCUT2D eigenvalue weighted by molar-refractivity contribution is -0.123. The highest BCUT2D eigenvalue weighted by Gasteiger charge is 2.23. The van der Waals surface area contributed by atoms with Gasteiger partial charge in [-0.25, -0.2) is 0 Å². The molecule has 1 heterocycles. The Kier molecular flexibility index (Phi) is 6.67. The number of carbonyl (C=O) groups is 1. The van der Waals surface area contributed by atoms with Gasteiger partial charge in [-0.15, -0.1) is 0 Å². The van der Waals surface area contributed by atoms with E-state index in [2.05, 4.69) is 10.2 Å². The number of rotatable bonds is 8. The van der Waals surface area contributed by atoms with E-state index in [-0.39, 0.29) is 18.1 Å². The van der Waals surface area contributed by atoms with E-state index in [1.165, 1.54) is 0 Å². The zero-order valence-corrected chi connectivity index (χ0v) is 14.1. The van der Waals surface area contributed by atoms with Crippen LogP contribution in [0.4, 0.5) is 0 Å². The zero-order chi connectivity index (χ0) is 16.7. The van der Waals surface area contributed by atoms with Gasteiger partial charge in [-0.2, -0.15) is 0 Å². The van der Waals surface area contributed by atoms with Crippen LogP contribution in [-0.4, -0.2) is 62.9 Å². The van der Waals surface area contributed by atoms with Gasteiger partial charge < -0.3 is 19.5 Å². The van der Waals surface area contributed by atoms with Crippen molar-refractivity contribution < 1.29 is 19.0 Å². The van der Waals surface area contributed by atoms with E-state index in [0.29, 0.717) is 26.3 Å². The number of methoxy groups -OCH3 is 1. The fourth-order valence-corrected chi connectivity index (χ4v) is 2.56. The Morgan fingerprint density at radius 1 is 1.43 bits per heavy atom. The highest BCUT2D eigenvalue weighted by atomic mass is 16.6. The molecule has 0 fully saturated rings. The Morgan fingerprint density at radius 3 is 2.87 bits per heavy atom. The third kappa shape index (κ3) is 5.41. The number of amides is 1. The number of nitrogens with one attached hydrogen (secondary N) is 1. The lowest BCUT2D eigenvalue weighted by Crippen LogP contribution is -2.47. The Hall–Kier alpha value is -1.79. The molecule has 1 aliphatic heterocycles. The summed E-state index contributed by atoms with van der Waals surface area (Å²) < 4.78 is 16.7. The third-order valence-electron chi connectivity index (χ3n) is 3.67. The molecule has 0 saturated carbocycles. The van der Waals surface area contributed by atoms with Crippen molar-refractivity contribution >= 4 is 5.91 Å². The van der Waals surface area contributed by atoms with Crippen LogP contribution >= 0.6 is 0 Å². The molecule has 2 rings (SSSR count). The molecule has 1 aliphatic rings. The zero-order valence-electron chi connectivity index (χ0n) is 14.1. The predicted molar refractivity (Wildman–Crippen MR) is 87.9 cm³/mol. The van der Waals surface area contributed by atoms with Gasteiger partial charge >= 0.3 is 0 Å². The number of nitrogens with zero attached hydrogens (tertiary/aromatic N) is 1. The van der Waals surface area contributed by atoms with Crippen LogP contribution in [0.1, 0.15) is 13.8 Å². The maximum absolute atomic E-state index is 12.1. The summed E-state index contributed by atoms with van der Waals surface area (Å²) in [6.07, 6.45) is -0.0750. The Labute approximate surface area is 137 Å². The van der Waals surface area contributed by atoms with Gasteiger partial charge in [0.1, 0.15) is 12.7 Å². The summed E-state index contributed by atoms with van der Waals surface area (Å²) in [7, 11) is 1.62. The Morgan fingerprint density at radius 2 is 2.17 bits per heavy atom. The van der Waals surface area contributed by atoms with Gasteiger partial charge in [0.05, 0.1) is 13.2 Å². The van der Waals surface area contributed by atoms with Gasteiger partial charge in [-0.05, 0) is 25.6 Å². The SMILES string of the molecule is CCN(CC(=O)NC(C)COC)CC1COc2ccccc2O1. The standard InChI is InChI=1S/C17H26N2O4/c1-4-19(10-17(20)18-13(2)11-21-3)9-14-12-22-15-7-5-6-8-16(15)23-14/h5-8,13-14H,4,9-12H2,1-3H3,(H,18,20). The molecule has 0 aliphatic carbocycles. The van der Waals surface area contributed by atoms with E-state index in [0.717, 1.165) is 18.0 Å². The molecule has 23 heavy (non-hydrogen) atoms. The summed E-state index contributed by atoms with van der Waals surface area (Å²) in [5, 5.41) is 2.92. The molecule has 6 heteroatoms. The van der Waals surface area contributed by atoms with Crippen LogP contribution < -0.4 is 14.8 Å². The minimum Gasteiger partial charge on any atom is -0.486 e. The van der Waals surface area contributed by atoms with Crippen molar-refractivity contribution in [3.8, 4) is 11.5 Å². The number of fused-ring (bicyclic) bond motifs is 1. The molecule has 1 aromatic carbocycles. The van der Waals surface area contributed by atoms with Gasteiger partial charge in [0.25, 0.3) is 0 Å². The van der Waals surface area contributed by atoms with Crippen molar-refractivity contribution in [1.82, 2.24) is 10.2 Å². The number of likely N-dealkylation sites (N-methyl/N-ethyl adjacent to an activating group) is 1. The first kappa shape index (κ1) is 17.6. The minimum atomic E-state index is -0.0750. The van der Waals surface area contributed by atoms with Crippen LogP contribution in [0.5, 0.6) is 11.5 Å². The summed E-state index contributed by atoms with van der Waals surface area (Å²) in [6.45, 7) is 6.72. The fourth-order valence-electron chi connectivity index (χ4n) is 2.56. The van der Waals surface area contributed by atoms with Crippen molar-refractivity contribution in [2.24, 2.45) is 0 Å². The van der Waals surface area contributed by atoms with Gasteiger partial charge in [-0.1, -0.05) is 19.1 Å². The second-order valence-electron chi connectivity index (χ2n) is 5.75. The first-order chi connectivity index (χ1) is 11.1. The normalized spacial score (nSPS) is 17.8. The summed E-state index contributed by atoms with van der Waals surface area (Å²) in [4.78, 5) is 14.1. The van der Waals surface area contributed by atoms with Gasteiger partial charge in [0.15, 0.2) is 11.5 Å². The van der Waals surface area contributed by atoms with Crippen LogP contribution in [0.2, 0.25) is 0 Å². The van der Waals surface area contributed by atoms with E-state index in [1.54, 1.807) is 7.11 Å². The van der Waals surface area contributed by atoms with Crippen molar-refractivity contribution in [2.45, 2.75) is 26.0 Å². The van der Waals surface area contributed by atoms with Crippen LogP contribution in [0.25, 0.3) is 0 Å². The smallest absolute Gasteiger partial charge is 0.234 e. The van der Waals surface area contributed by atoms with Gasteiger partial charge in [0.2, 0.25) is 5.91 Å². The molecule has 2 atom stereocenters. The van der Waals surface area contributed by atoms with Crippen molar-refractivity contribution in [2.75, 3.05) is 40.0 Å². The van der Waals surface area contributed by atoms with E-state index < -0.39 is 0 Å². The lowest BCUT2D eigenvalue weighted by atomic mass is 10.2. The molecule has 0 radical (unpaired) electrons. The van der Waals surface area contributed by atoms with Crippen molar-refractivity contribution in [3.63, 3.8) is 0 Å². The van der Waals surface area contributed by atoms with Gasteiger partial charge in [-0.3, -0.25) is 9.69 Å². The molecule has 2 unspecified atom stereocenters. The number of hydrogen-bond donors (Lipinski definition) is 1. The number of carbonyl (C=O) groups excluding carboxylic acids is 1. The van der Waals surface area contributed by atoms with E-state index in [4.69, 9.17) is 14.2 Å². The molecule has 0 saturated heterocycles. The number of ether oxygens (including phenoxy) is 3. The predicted octanol–water partition coefficient (Wildman–Crippen LogP) is 1.30. The summed E-state index contributed by atoms with van der Waals surface area (Å²) >= 11 is 0. The Bertz CT molecular complexity index is 509. The average Bonchev–Trinajstić information content (AvgIpc) is 2.54. The lowest BCUT2D eigenvalue weighted by Gasteiger charge is -2.30. The minimum absolute atomic E-state index is 0.00599. The van der Waals surface area contributed by atoms with Gasteiger partial charge in [0, 0.05) is 19.7 Å². The monoisotopic (exact) mass is 322 g/mol. The topological polar surface area (TPSA) is 60.0 Å². The molecule has 1 N–H and O–H groups in total. The third-order valence-corrected chi connectivity index (χ3v) is 3.67. The Balaban J connectivity index is 1.82. The average molecular weight is 322 g/mol. The molecular formula is C17H26N2O4. The van der Waals surface area contributed by atoms with Crippen LogP contribution in [-0.2, 0) is 9.53 Å². The van der Waals surface area contributed by atoms with E-state index >= 15 is 0 Å². The number of benzene rings is 1. The van der Waals surface area contributed by atoms with Crippen LogP contribution in [0.15, 0.2) is 24.3 Å². The molecular weight excluding hydrogens is 296 g/mol. The molecule has 1 amide bonds. The van der Waals surface area contributed by atoms with Crippen molar-refractivity contribution in [1.29, 1.82) is 0 Å². The van der Waals surface area contributed by atoms with Crippen LogP contribution in [0, 0.1) is 0 Å². The maximum atomic E-state index is 12.1. The molecule has 0 aromatic heterocycles. The maximum Gasteiger partial charge on any atom is 0.234 e. The summed E-state index contributed by atoms with van der Waals surface area (Å²) in [5.74, 6) is 1.53. The molecule has 0 bridgehead atoms. The van der Waals surface area contributed by atoms with E-state index in [1.807, 2.05) is 38.1 Å². The summed E-state index contributed by atoms with van der Waals surface area (Å²) in [5.41, 5.74) is 0. The first-order valence-electron chi connectivity index (χ1n) is 8.01. The molecule has 128 valence electrons. The highest BCUT2D eigenvalue weighted by Crippen LogP contribution is 2.30. The molecule has 0 spiro atoms. The van der Waals surface area contributed by atoms with E-state index in [9.17, 15) is 4.79 Å². The molecule has 1 aromatic rings. The first-order valence-corrected chi connectivity index (χ1v) is 8.01. The second-order valence-corrected chi connectivity index (χ2v) is 5.75. The second kappa shape index (κ2) is 8.74. The number of hydrogen-bond acceptors (Lipinski definition) is 5. The largest absolute Gasteiger partial charge is 0.486 e. The quantitative estimate of drug-likeness (QED) is 0.782. The number of para-hydroxylation sites is 2. The van der Waals surface area contributed by atoms with Crippen LogP contribution in [0.3, 0.4) is 0 Å². The molecule has 6 nitrogen and oxygen atoms in total. The van der Waals surface area contributed by atoms with Crippen molar-refractivity contribution in [3.05, 3.63) is 24.3 Å².